The molecule has 12 rings (SSSR count). The molecule has 0 bridgehead atoms. The Kier molecular flexibility index (Phi) is 7.75. The van der Waals surface area contributed by atoms with Gasteiger partial charge in [-0.05, 0) is 98.9 Å². The predicted octanol–water partition coefficient (Wildman–Crippen LogP) is 16.3. The lowest BCUT2D eigenvalue weighted by atomic mass is 9.95. The first-order valence-corrected chi connectivity index (χ1v) is 21.0. The Morgan fingerprint density at radius 3 is 1.81 bits per heavy atom. The van der Waals surface area contributed by atoms with E-state index in [2.05, 4.69) is 228 Å². The summed E-state index contributed by atoms with van der Waals surface area (Å²) in [5, 5.41) is 9.99. The summed E-state index contributed by atoms with van der Waals surface area (Å²) in [4.78, 5) is 2.48. The molecule has 0 saturated carbocycles. The first-order valence-electron chi connectivity index (χ1n) is 20.2. The van der Waals surface area contributed by atoms with Gasteiger partial charge in [-0.2, -0.15) is 0 Å². The molecule has 3 heteroatoms. The molecular weight excluding hydrogens is 733 g/mol. The van der Waals surface area contributed by atoms with Crippen LogP contribution in [0, 0.1) is 0 Å². The van der Waals surface area contributed by atoms with E-state index in [1.54, 1.807) is 0 Å². The smallest absolute Gasteiger partial charge is 0.0640 e. The summed E-state index contributed by atoms with van der Waals surface area (Å²) in [6, 6.07) is 80.1. The fraction of sp³-hybridized carbons (Fsp3) is 0. The minimum atomic E-state index is 1.10. The third-order valence-corrected chi connectivity index (χ3v) is 13.1. The van der Waals surface area contributed by atoms with Crippen molar-refractivity contribution in [2.75, 3.05) is 4.90 Å². The van der Waals surface area contributed by atoms with Crippen LogP contribution in [-0.4, -0.2) is 4.57 Å². The first-order chi connectivity index (χ1) is 29.3. The van der Waals surface area contributed by atoms with E-state index < -0.39 is 0 Å². The summed E-state index contributed by atoms with van der Waals surface area (Å²) in [6.45, 7) is 0. The van der Waals surface area contributed by atoms with Gasteiger partial charge in [-0.25, -0.2) is 0 Å². The van der Waals surface area contributed by atoms with Crippen molar-refractivity contribution in [3.8, 4) is 27.9 Å². The summed E-state index contributed by atoms with van der Waals surface area (Å²) in [6.07, 6.45) is 0. The second-order valence-corrected chi connectivity index (χ2v) is 16.4. The van der Waals surface area contributed by atoms with Crippen LogP contribution in [0.15, 0.2) is 218 Å². The Balaban J connectivity index is 1.19. The molecule has 0 atom stereocenters. The van der Waals surface area contributed by atoms with E-state index >= 15 is 0 Å². The highest BCUT2D eigenvalue weighted by Crippen LogP contribution is 2.48. The molecule has 0 aliphatic carbocycles. The summed E-state index contributed by atoms with van der Waals surface area (Å²) >= 11 is 1.87. The van der Waals surface area contributed by atoms with Crippen LogP contribution in [0.1, 0.15) is 0 Å². The standard InChI is InChI=1S/C56H36N2S/c1-4-15-37(16-5-1)41-33-50(38-17-6-2-7-18-38)55-51(34-41)46-32-31-44(36-53(46)58(55)42-20-8-3-9-21-42)57(52-25-14-24-48-47-23-12-13-26-54(47)59-56(48)52)43-30-29-40-28-27-39-19-10-11-22-45(39)49(40)35-43/h1-36H. The quantitative estimate of drug-likeness (QED) is 0.153. The van der Waals surface area contributed by atoms with E-state index in [0.29, 0.717) is 0 Å². The molecule has 12 aromatic rings. The maximum Gasteiger partial charge on any atom is 0.0640 e. The van der Waals surface area contributed by atoms with Crippen molar-refractivity contribution < 1.29 is 0 Å². The maximum absolute atomic E-state index is 2.48. The highest BCUT2D eigenvalue weighted by molar-refractivity contribution is 7.26. The van der Waals surface area contributed by atoms with Gasteiger partial charge in [-0.15, -0.1) is 11.3 Å². The molecule has 10 aromatic carbocycles. The van der Waals surface area contributed by atoms with Crippen LogP contribution in [0.25, 0.3) is 91.5 Å². The highest BCUT2D eigenvalue weighted by atomic mass is 32.1. The van der Waals surface area contributed by atoms with Gasteiger partial charge < -0.3 is 9.47 Å². The first kappa shape index (κ1) is 33.7. The molecule has 0 N–H and O–H groups in total. The Bertz CT molecular complexity index is 3550. The van der Waals surface area contributed by atoms with Gasteiger partial charge in [0.05, 0.1) is 21.4 Å². The second kappa shape index (κ2) is 13.6. The summed E-state index contributed by atoms with van der Waals surface area (Å²) in [5.41, 5.74) is 11.7. The van der Waals surface area contributed by atoms with Gasteiger partial charge in [0, 0.05) is 48.9 Å². The minimum absolute atomic E-state index is 1.10. The SMILES string of the molecule is c1ccc(-c2cc(-c3ccccc3)c3c(c2)c2ccc(N(c4ccc5ccc6ccccc6c5c4)c4cccc5c4sc4ccccc45)cc2n3-c2ccccc2)cc1. The van der Waals surface area contributed by atoms with Crippen molar-refractivity contribution in [1.29, 1.82) is 0 Å². The van der Waals surface area contributed by atoms with E-state index in [1.807, 2.05) is 11.3 Å². The molecule has 0 amide bonds. The van der Waals surface area contributed by atoms with E-state index in [4.69, 9.17) is 0 Å². The Morgan fingerprint density at radius 1 is 0.373 bits per heavy atom. The normalized spacial score (nSPS) is 11.7. The molecule has 0 saturated heterocycles. The van der Waals surface area contributed by atoms with Crippen LogP contribution in [0.2, 0.25) is 0 Å². The van der Waals surface area contributed by atoms with Crippen molar-refractivity contribution in [2.45, 2.75) is 0 Å². The third kappa shape index (κ3) is 5.47. The molecule has 0 fully saturated rings. The lowest BCUT2D eigenvalue weighted by molar-refractivity contribution is 1.18. The molecule has 0 aliphatic rings. The molecule has 0 spiro atoms. The van der Waals surface area contributed by atoms with Crippen LogP contribution >= 0.6 is 11.3 Å². The third-order valence-electron chi connectivity index (χ3n) is 11.9. The zero-order valence-corrected chi connectivity index (χ0v) is 32.9. The second-order valence-electron chi connectivity index (χ2n) is 15.3. The molecule has 0 radical (unpaired) electrons. The lowest BCUT2D eigenvalue weighted by Crippen LogP contribution is -2.10. The van der Waals surface area contributed by atoms with Crippen molar-refractivity contribution in [2.24, 2.45) is 0 Å². The lowest BCUT2D eigenvalue weighted by Gasteiger charge is -2.27. The highest BCUT2D eigenvalue weighted by Gasteiger charge is 2.23. The zero-order valence-electron chi connectivity index (χ0n) is 32.1. The van der Waals surface area contributed by atoms with E-state index in [1.165, 1.54) is 85.9 Å². The maximum atomic E-state index is 2.48. The van der Waals surface area contributed by atoms with Gasteiger partial charge in [-0.3, -0.25) is 0 Å². The predicted molar refractivity (Wildman–Crippen MR) is 254 cm³/mol. The molecule has 0 unspecified atom stereocenters. The van der Waals surface area contributed by atoms with E-state index in [0.717, 1.165) is 22.6 Å². The van der Waals surface area contributed by atoms with Gasteiger partial charge in [-0.1, -0.05) is 158 Å². The van der Waals surface area contributed by atoms with Crippen molar-refractivity contribution in [1.82, 2.24) is 4.57 Å². The zero-order chi connectivity index (χ0) is 38.9. The molecule has 59 heavy (non-hydrogen) atoms. The Morgan fingerprint density at radius 2 is 1.00 bits per heavy atom. The van der Waals surface area contributed by atoms with Crippen LogP contribution in [-0.2, 0) is 0 Å². The van der Waals surface area contributed by atoms with Crippen LogP contribution in [0.4, 0.5) is 17.1 Å². The summed E-state index contributed by atoms with van der Waals surface area (Å²) < 4.78 is 5.05. The summed E-state index contributed by atoms with van der Waals surface area (Å²) in [7, 11) is 0. The number of rotatable bonds is 6. The van der Waals surface area contributed by atoms with E-state index in [9.17, 15) is 0 Å². The molecule has 0 aliphatic heterocycles. The van der Waals surface area contributed by atoms with Crippen LogP contribution in [0.5, 0.6) is 0 Å². The average Bonchev–Trinajstić information content (AvgIpc) is 3.86. The van der Waals surface area contributed by atoms with Gasteiger partial charge in [0.2, 0.25) is 0 Å². The molecule has 2 nitrogen and oxygen atoms in total. The van der Waals surface area contributed by atoms with Gasteiger partial charge in [0.25, 0.3) is 0 Å². The number of benzene rings is 10. The number of aromatic nitrogens is 1. The number of anilines is 3. The topological polar surface area (TPSA) is 8.17 Å². The molecular formula is C56H36N2S. The van der Waals surface area contributed by atoms with Crippen LogP contribution < -0.4 is 4.90 Å². The number of para-hydroxylation sites is 1. The summed E-state index contributed by atoms with van der Waals surface area (Å²) in [5.74, 6) is 0. The Hall–Kier alpha value is -7.46. The molecule has 2 heterocycles. The molecule has 2 aromatic heterocycles. The fourth-order valence-electron chi connectivity index (χ4n) is 9.22. The van der Waals surface area contributed by atoms with Gasteiger partial charge >= 0.3 is 0 Å². The van der Waals surface area contributed by atoms with Gasteiger partial charge in [0.15, 0.2) is 0 Å². The Labute approximate surface area is 346 Å². The van der Waals surface area contributed by atoms with E-state index in [-0.39, 0.29) is 0 Å². The van der Waals surface area contributed by atoms with Crippen LogP contribution in [0.3, 0.4) is 0 Å². The largest absolute Gasteiger partial charge is 0.309 e. The number of thiophene rings is 1. The van der Waals surface area contributed by atoms with Crippen molar-refractivity contribution in [3.63, 3.8) is 0 Å². The van der Waals surface area contributed by atoms with Gasteiger partial charge in [0.1, 0.15) is 0 Å². The van der Waals surface area contributed by atoms with Crippen molar-refractivity contribution >= 4 is 91.9 Å². The number of hydrogen-bond donors (Lipinski definition) is 0. The average molecular weight is 769 g/mol. The monoisotopic (exact) mass is 768 g/mol. The number of fused-ring (bicyclic) bond motifs is 9. The molecule has 276 valence electrons. The van der Waals surface area contributed by atoms with Crippen molar-refractivity contribution in [3.05, 3.63) is 218 Å². The fourth-order valence-corrected chi connectivity index (χ4v) is 10.4. The number of nitrogens with zero attached hydrogens (tertiary/aromatic N) is 2. The minimum Gasteiger partial charge on any atom is -0.309 e. The number of hydrogen-bond acceptors (Lipinski definition) is 2.